The summed E-state index contributed by atoms with van der Waals surface area (Å²) in [6.45, 7) is 2.93. The van der Waals surface area contributed by atoms with Gasteiger partial charge in [-0.15, -0.1) is 0 Å². The zero-order chi connectivity index (χ0) is 14.4. The molecular weight excluding hydrogens is 287 g/mol. The van der Waals surface area contributed by atoms with Crippen molar-refractivity contribution in [1.29, 1.82) is 0 Å². The highest BCUT2D eigenvalue weighted by molar-refractivity contribution is 6.32. The minimum absolute atomic E-state index is 0.137. The number of halogens is 2. The molecule has 2 amide bonds. The third-order valence-electron chi connectivity index (χ3n) is 2.83. The summed E-state index contributed by atoms with van der Waals surface area (Å²) in [6.07, 6.45) is 0. The van der Waals surface area contributed by atoms with E-state index in [1.807, 2.05) is 0 Å². The van der Waals surface area contributed by atoms with E-state index < -0.39 is 5.82 Å². The molecule has 0 saturated carbocycles. The SMILES string of the molecule is O=C(NCCOc1ccc(F)cc1Cl)N1CCOCC1. The largest absolute Gasteiger partial charge is 0.490 e. The average Bonchev–Trinajstić information content (AvgIpc) is 2.46. The van der Waals surface area contributed by atoms with Crippen LogP contribution in [0.3, 0.4) is 0 Å². The number of nitrogens with zero attached hydrogens (tertiary/aromatic N) is 1. The fraction of sp³-hybridized carbons (Fsp3) is 0.462. The number of urea groups is 1. The smallest absolute Gasteiger partial charge is 0.317 e. The summed E-state index contributed by atoms with van der Waals surface area (Å²) in [5.74, 6) is -0.0170. The summed E-state index contributed by atoms with van der Waals surface area (Å²) in [4.78, 5) is 13.4. The number of benzene rings is 1. The molecule has 0 bridgehead atoms. The molecule has 1 N–H and O–H groups in total. The molecule has 0 unspecified atom stereocenters. The van der Waals surface area contributed by atoms with Gasteiger partial charge in [-0.25, -0.2) is 9.18 Å². The molecule has 5 nitrogen and oxygen atoms in total. The minimum atomic E-state index is -0.414. The maximum absolute atomic E-state index is 12.8. The summed E-state index contributed by atoms with van der Waals surface area (Å²) in [5.41, 5.74) is 0. The average molecular weight is 303 g/mol. The maximum atomic E-state index is 12.8. The van der Waals surface area contributed by atoms with Crippen LogP contribution in [0.2, 0.25) is 5.02 Å². The first kappa shape index (κ1) is 14.9. The van der Waals surface area contributed by atoms with Crippen molar-refractivity contribution in [1.82, 2.24) is 10.2 Å². The van der Waals surface area contributed by atoms with Crippen molar-refractivity contribution in [3.8, 4) is 5.75 Å². The van der Waals surface area contributed by atoms with E-state index in [1.165, 1.54) is 18.2 Å². The minimum Gasteiger partial charge on any atom is -0.490 e. The van der Waals surface area contributed by atoms with E-state index in [2.05, 4.69) is 5.32 Å². The fourth-order valence-corrected chi connectivity index (χ4v) is 2.01. The first-order valence-corrected chi connectivity index (χ1v) is 6.73. The molecule has 1 aliphatic rings. The van der Waals surface area contributed by atoms with Crippen LogP contribution >= 0.6 is 11.6 Å². The Bertz CT molecular complexity index is 467. The van der Waals surface area contributed by atoms with Crippen LogP contribution in [0, 0.1) is 5.82 Å². The van der Waals surface area contributed by atoms with Crippen LogP contribution in [0.25, 0.3) is 0 Å². The number of amides is 2. The number of rotatable bonds is 4. The third kappa shape index (κ3) is 4.25. The molecule has 0 spiro atoms. The van der Waals surface area contributed by atoms with Gasteiger partial charge in [0.2, 0.25) is 0 Å². The lowest BCUT2D eigenvalue weighted by molar-refractivity contribution is 0.0530. The van der Waals surface area contributed by atoms with Crippen LogP contribution in [0.1, 0.15) is 0 Å². The summed E-state index contributed by atoms with van der Waals surface area (Å²) < 4.78 is 23.4. The number of carbonyl (C=O) groups excluding carboxylic acids is 1. The van der Waals surface area contributed by atoms with Gasteiger partial charge in [-0.05, 0) is 18.2 Å². The molecule has 0 aliphatic carbocycles. The number of hydrogen-bond donors (Lipinski definition) is 1. The summed E-state index contributed by atoms with van der Waals surface area (Å²) in [6, 6.07) is 3.78. The summed E-state index contributed by atoms with van der Waals surface area (Å²) >= 11 is 5.82. The molecule has 0 radical (unpaired) electrons. The second-order valence-corrected chi connectivity index (χ2v) is 4.66. The van der Waals surface area contributed by atoms with Crippen LogP contribution < -0.4 is 10.1 Å². The van der Waals surface area contributed by atoms with E-state index in [0.717, 1.165) is 0 Å². The van der Waals surface area contributed by atoms with Crippen molar-refractivity contribution in [2.75, 3.05) is 39.5 Å². The Hall–Kier alpha value is -1.53. The molecule has 0 aromatic heterocycles. The van der Waals surface area contributed by atoms with Crippen molar-refractivity contribution in [3.63, 3.8) is 0 Å². The molecule has 7 heteroatoms. The van der Waals surface area contributed by atoms with Gasteiger partial charge in [0.15, 0.2) is 0 Å². The van der Waals surface area contributed by atoms with Crippen molar-refractivity contribution < 1.29 is 18.7 Å². The Morgan fingerprint density at radius 3 is 2.90 bits per heavy atom. The molecule has 20 heavy (non-hydrogen) atoms. The molecular formula is C13H16ClFN2O3. The zero-order valence-corrected chi connectivity index (χ0v) is 11.7. The topological polar surface area (TPSA) is 50.8 Å². The van der Waals surface area contributed by atoms with Gasteiger partial charge in [0, 0.05) is 13.1 Å². The van der Waals surface area contributed by atoms with Gasteiger partial charge in [-0.2, -0.15) is 0 Å². The molecule has 2 rings (SSSR count). The fourth-order valence-electron chi connectivity index (χ4n) is 1.79. The number of ether oxygens (including phenoxy) is 2. The van der Waals surface area contributed by atoms with Crippen molar-refractivity contribution in [2.45, 2.75) is 0 Å². The zero-order valence-electron chi connectivity index (χ0n) is 10.9. The number of nitrogens with one attached hydrogen (secondary N) is 1. The molecule has 110 valence electrons. The Balaban J connectivity index is 1.69. The Morgan fingerprint density at radius 2 is 2.20 bits per heavy atom. The Kier molecular flexibility index (Phi) is 5.43. The normalized spacial score (nSPS) is 15.0. The Labute approximate surface area is 121 Å². The van der Waals surface area contributed by atoms with E-state index in [0.29, 0.717) is 38.6 Å². The number of carbonyl (C=O) groups is 1. The van der Waals surface area contributed by atoms with Crippen LogP contribution in [-0.2, 0) is 4.74 Å². The molecule has 1 saturated heterocycles. The number of hydrogen-bond acceptors (Lipinski definition) is 3. The monoisotopic (exact) mass is 302 g/mol. The first-order chi connectivity index (χ1) is 9.66. The van der Waals surface area contributed by atoms with Crippen LogP contribution in [0.4, 0.5) is 9.18 Å². The highest BCUT2D eigenvalue weighted by Gasteiger charge is 2.15. The standard InChI is InChI=1S/C13H16ClFN2O3/c14-11-9-10(15)1-2-12(11)20-6-3-16-13(18)17-4-7-19-8-5-17/h1-2,9H,3-8H2,(H,16,18). The molecule has 0 atom stereocenters. The van der Waals surface area contributed by atoms with Gasteiger partial charge < -0.3 is 19.7 Å². The van der Waals surface area contributed by atoms with E-state index in [9.17, 15) is 9.18 Å². The van der Waals surface area contributed by atoms with Gasteiger partial charge in [0.1, 0.15) is 18.2 Å². The molecule has 1 aliphatic heterocycles. The van der Waals surface area contributed by atoms with Crippen LogP contribution in [0.15, 0.2) is 18.2 Å². The van der Waals surface area contributed by atoms with E-state index in [-0.39, 0.29) is 17.7 Å². The maximum Gasteiger partial charge on any atom is 0.317 e. The Morgan fingerprint density at radius 1 is 1.45 bits per heavy atom. The van der Waals surface area contributed by atoms with Gasteiger partial charge in [0.05, 0.1) is 24.8 Å². The van der Waals surface area contributed by atoms with E-state index in [1.54, 1.807) is 4.90 Å². The van der Waals surface area contributed by atoms with E-state index in [4.69, 9.17) is 21.1 Å². The highest BCUT2D eigenvalue weighted by Crippen LogP contribution is 2.24. The molecule has 1 fully saturated rings. The second kappa shape index (κ2) is 7.31. The third-order valence-corrected chi connectivity index (χ3v) is 3.12. The first-order valence-electron chi connectivity index (χ1n) is 6.35. The van der Waals surface area contributed by atoms with Crippen molar-refractivity contribution in [3.05, 3.63) is 29.0 Å². The second-order valence-electron chi connectivity index (χ2n) is 4.25. The van der Waals surface area contributed by atoms with Crippen LogP contribution in [0.5, 0.6) is 5.75 Å². The molecule has 1 aromatic carbocycles. The summed E-state index contributed by atoms with van der Waals surface area (Å²) in [5, 5.41) is 2.96. The van der Waals surface area contributed by atoms with Gasteiger partial charge >= 0.3 is 6.03 Å². The van der Waals surface area contributed by atoms with Gasteiger partial charge in [-0.1, -0.05) is 11.6 Å². The summed E-state index contributed by atoms with van der Waals surface area (Å²) in [7, 11) is 0. The predicted octanol–water partition coefficient (Wildman–Crippen LogP) is 1.90. The highest BCUT2D eigenvalue weighted by atomic mass is 35.5. The van der Waals surface area contributed by atoms with E-state index >= 15 is 0 Å². The van der Waals surface area contributed by atoms with Gasteiger partial charge in [0.25, 0.3) is 0 Å². The van der Waals surface area contributed by atoms with Crippen molar-refractivity contribution in [2.24, 2.45) is 0 Å². The lowest BCUT2D eigenvalue weighted by atomic mass is 10.3. The quantitative estimate of drug-likeness (QED) is 0.864. The number of morpholine rings is 1. The van der Waals surface area contributed by atoms with Gasteiger partial charge in [-0.3, -0.25) is 0 Å². The van der Waals surface area contributed by atoms with Crippen molar-refractivity contribution >= 4 is 17.6 Å². The lowest BCUT2D eigenvalue weighted by Gasteiger charge is -2.26. The lowest BCUT2D eigenvalue weighted by Crippen LogP contribution is -2.47. The predicted molar refractivity (Wildman–Crippen MR) is 72.7 cm³/mol. The van der Waals surface area contributed by atoms with Crippen LogP contribution in [-0.4, -0.2) is 50.4 Å². The molecule has 1 aromatic rings. The molecule has 1 heterocycles.